The summed E-state index contributed by atoms with van der Waals surface area (Å²) in [5.41, 5.74) is -0.563. The van der Waals surface area contributed by atoms with Gasteiger partial charge in [-0.05, 0) is 30.7 Å². The number of pyridine rings is 1. The maximum absolute atomic E-state index is 14.6. The van der Waals surface area contributed by atoms with Gasteiger partial charge in [-0.25, -0.2) is 17.2 Å². The Kier molecular flexibility index (Phi) is 4.97. The Morgan fingerprint density at radius 1 is 1.32 bits per heavy atom. The minimum Gasteiger partial charge on any atom is -0.361 e. The van der Waals surface area contributed by atoms with Gasteiger partial charge >= 0.3 is 0 Å². The van der Waals surface area contributed by atoms with E-state index in [1.807, 2.05) is 0 Å². The normalized spacial score (nSPS) is 21.3. The Morgan fingerprint density at radius 2 is 2.04 bits per heavy atom. The summed E-state index contributed by atoms with van der Waals surface area (Å²) < 4.78 is 53.3. The van der Waals surface area contributed by atoms with E-state index in [0.29, 0.717) is 5.56 Å². The van der Waals surface area contributed by atoms with Crippen LogP contribution < -0.4 is 5.32 Å². The second-order valence-corrected chi connectivity index (χ2v) is 8.90. The van der Waals surface area contributed by atoms with E-state index < -0.39 is 27.2 Å². The molecular weight excluding hydrogens is 388 g/mol. The van der Waals surface area contributed by atoms with Crippen molar-refractivity contribution in [1.82, 2.24) is 14.6 Å². The maximum Gasteiger partial charge on any atom is 0.238 e. The minimum atomic E-state index is -3.67. The quantitative estimate of drug-likeness (QED) is 0.787. The number of aromatic nitrogens is 1. The summed E-state index contributed by atoms with van der Waals surface area (Å²) >= 11 is 0. The first-order chi connectivity index (χ1) is 13.0. The van der Waals surface area contributed by atoms with Crippen LogP contribution in [0.4, 0.5) is 8.78 Å². The molecule has 1 aromatic heterocycles. The van der Waals surface area contributed by atoms with Crippen LogP contribution in [0.1, 0.15) is 28.5 Å². The van der Waals surface area contributed by atoms with E-state index in [-0.39, 0.29) is 35.0 Å². The van der Waals surface area contributed by atoms with Crippen LogP contribution in [-0.2, 0) is 22.0 Å². The molecule has 0 bridgehead atoms. The number of hydrogen-bond acceptors (Lipinski definition) is 5. The lowest BCUT2D eigenvalue weighted by Crippen LogP contribution is -2.56. The van der Waals surface area contributed by atoms with Crippen LogP contribution in [0, 0.1) is 11.6 Å². The highest BCUT2D eigenvalue weighted by Crippen LogP contribution is 2.32. The predicted molar refractivity (Wildman–Crippen MR) is 99.8 cm³/mol. The third-order valence-electron chi connectivity index (χ3n) is 4.69. The van der Waals surface area contributed by atoms with Crippen molar-refractivity contribution in [2.45, 2.75) is 18.9 Å². The fourth-order valence-corrected chi connectivity index (χ4v) is 4.66. The van der Waals surface area contributed by atoms with E-state index in [9.17, 15) is 22.0 Å². The van der Waals surface area contributed by atoms with E-state index in [2.05, 4.69) is 16.9 Å². The molecule has 1 N–H and O–H groups in total. The molecule has 0 saturated carbocycles. The Hall–Kier alpha value is -2.81. The van der Waals surface area contributed by atoms with Crippen molar-refractivity contribution in [2.24, 2.45) is 0 Å². The van der Waals surface area contributed by atoms with Gasteiger partial charge in [0.25, 0.3) is 0 Å². The van der Waals surface area contributed by atoms with Gasteiger partial charge in [-0.15, -0.1) is 0 Å². The van der Waals surface area contributed by atoms with Crippen LogP contribution in [0.5, 0.6) is 0 Å². The number of ketones is 1. The number of nitrogens with zero attached hydrogens (tertiary/aromatic N) is 2. The highest BCUT2D eigenvalue weighted by Gasteiger charge is 2.42. The van der Waals surface area contributed by atoms with Gasteiger partial charge in [0.15, 0.2) is 5.78 Å². The van der Waals surface area contributed by atoms with Gasteiger partial charge in [0.1, 0.15) is 23.1 Å². The molecule has 2 heterocycles. The van der Waals surface area contributed by atoms with Gasteiger partial charge in [-0.1, -0.05) is 18.7 Å². The van der Waals surface area contributed by atoms with Crippen LogP contribution >= 0.6 is 0 Å². The monoisotopic (exact) mass is 407 g/mol. The van der Waals surface area contributed by atoms with Gasteiger partial charge in [0.05, 0.1) is 17.5 Å². The SMILES string of the molecule is C=C1N[C@](C)(c2cc(CC(=O)c3ccc(F)cn3)ccc2F)CS(=O)(=O)N1C. The number of benzene rings is 1. The molecule has 1 saturated heterocycles. The molecule has 1 aliphatic heterocycles. The molecule has 9 heteroatoms. The standard InChI is InChI=1S/C19H19F2N3O3S/c1-12-23-19(2,11-28(26,27)24(12)3)15-8-13(4-6-16(15)21)9-18(25)17-7-5-14(20)10-22-17/h4-8,10,23H,1,9,11H2,2-3H3/t19-/m0/s1. The zero-order valence-electron chi connectivity index (χ0n) is 15.4. The van der Waals surface area contributed by atoms with Crippen molar-refractivity contribution in [2.75, 3.05) is 12.8 Å². The molecule has 1 fully saturated rings. The van der Waals surface area contributed by atoms with Crippen molar-refractivity contribution < 1.29 is 22.0 Å². The third kappa shape index (κ3) is 3.75. The topological polar surface area (TPSA) is 79.4 Å². The van der Waals surface area contributed by atoms with Crippen LogP contribution in [0.3, 0.4) is 0 Å². The molecule has 3 rings (SSSR count). The van der Waals surface area contributed by atoms with E-state index in [0.717, 1.165) is 16.6 Å². The Bertz CT molecular complexity index is 1050. The van der Waals surface area contributed by atoms with Crippen molar-refractivity contribution in [1.29, 1.82) is 0 Å². The summed E-state index contributed by atoms with van der Waals surface area (Å²) in [7, 11) is -2.31. The molecular formula is C19H19F2N3O3S. The smallest absolute Gasteiger partial charge is 0.238 e. The lowest BCUT2D eigenvalue weighted by atomic mass is 9.90. The van der Waals surface area contributed by atoms with Crippen molar-refractivity contribution in [3.8, 4) is 0 Å². The van der Waals surface area contributed by atoms with Crippen molar-refractivity contribution in [3.05, 3.63) is 77.4 Å². The highest BCUT2D eigenvalue weighted by atomic mass is 32.2. The number of nitrogens with one attached hydrogen (secondary N) is 1. The van der Waals surface area contributed by atoms with Gasteiger partial charge in [-0.3, -0.25) is 14.1 Å². The number of halogens is 2. The van der Waals surface area contributed by atoms with Crippen LogP contribution in [-0.4, -0.2) is 36.3 Å². The molecule has 6 nitrogen and oxygen atoms in total. The summed E-state index contributed by atoms with van der Waals surface area (Å²) in [5.74, 6) is -1.76. The second-order valence-electron chi connectivity index (χ2n) is 6.90. The number of hydrogen-bond donors (Lipinski definition) is 1. The molecule has 0 aliphatic carbocycles. The Labute approximate surface area is 161 Å². The molecule has 1 aliphatic rings. The molecule has 0 unspecified atom stereocenters. The van der Waals surface area contributed by atoms with E-state index in [4.69, 9.17) is 0 Å². The largest absolute Gasteiger partial charge is 0.361 e. The number of carbonyl (C=O) groups is 1. The third-order valence-corrected chi connectivity index (χ3v) is 6.69. The van der Waals surface area contributed by atoms with E-state index in [1.54, 1.807) is 6.92 Å². The van der Waals surface area contributed by atoms with Crippen LogP contribution in [0.25, 0.3) is 0 Å². The van der Waals surface area contributed by atoms with Crippen LogP contribution in [0.2, 0.25) is 0 Å². The Morgan fingerprint density at radius 3 is 2.64 bits per heavy atom. The molecule has 0 amide bonds. The van der Waals surface area contributed by atoms with Gasteiger partial charge in [0, 0.05) is 19.0 Å². The molecule has 28 heavy (non-hydrogen) atoms. The van der Waals surface area contributed by atoms with Crippen molar-refractivity contribution >= 4 is 15.8 Å². The molecule has 1 aromatic carbocycles. The van der Waals surface area contributed by atoms with Gasteiger partial charge < -0.3 is 5.32 Å². The predicted octanol–water partition coefficient (Wildman–Crippen LogP) is 2.34. The number of sulfonamides is 1. The molecule has 1 atom stereocenters. The van der Waals surface area contributed by atoms with E-state index in [1.165, 1.54) is 31.3 Å². The minimum absolute atomic E-state index is 0.0877. The molecule has 0 radical (unpaired) electrons. The maximum atomic E-state index is 14.6. The first-order valence-electron chi connectivity index (χ1n) is 8.39. The summed E-state index contributed by atoms with van der Waals surface area (Å²) in [6.45, 7) is 5.24. The summed E-state index contributed by atoms with van der Waals surface area (Å²) in [6.07, 6.45) is 0.860. The van der Waals surface area contributed by atoms with Gasteiger partial charge in [0.2, 0.25) is 10.0 Å². The second kappa shape index (κ2) is 6.97. The first kappa shape index (κ1) is 19.9. The fourth-order valence-electron chi connectivity index (χ4n) is 3.13. The first-order valence-corrected chi connectivity index (χ1v) is 10.0. The zero-order valence-corrected chi connectivity index (χ0v) is 16.2. The number of carbonyl (C=O) groups excluding carboxylic acids is 1. The van der Waals surface area contributed by atoms with Crippen molar-refractivity contribution in [3.63, 3.8) is 0 Å². The summed E-state index contributed by atoms with van der Waals surface area (Å²) in [4.78, 5) is 16.1. The molecule has 148 valence electrons. The average molecular weight is 407 g/mol. The highest BCUT2D eigenvalue weighted by molar-refractivity contribution is 7.89. The fraction of sp³-hybridized carbons (Fsp3) is 0.263. The zero-order chi connectivity index (χ0) is 20.7. The lowest BCUT2D eigenvalue weighted by Gasteiger charge is -2.41. The summed E-state index contributed by atoms with van der Waals surface area (Å²) in [6, 6.07) is 6.51. The van der Waals surface area contributed by atoms with Crippen LogP contribution in [0.15, 0.2) is 48.9 Å². The average Bonchev–Trinajstić information content (AvgIpc) is 2.61. The molecule has 2 aromatic rings. The van der Waals surface area contributed by atoms with E-state index >= 15 is 0 Å². The summed E-state index contributed by atoms with van der Waals surface area (Å²) in [5, 5.41) is 2.95. The number of Topliss-reactive ketones (excluding diaryl/α,β-unsaturated/α-hetero) is 1. The number of rotatable bonds is 4. The van der Waals surface area contributed by atoms with Gasteiger partial charge in [-0.2, -0.15) is 0 Å². The lowest BCUT2D eigenvalue weighted by molar-refractivity contribution is 0.0988. The Balaban J connectivity index is 1.92. The molecule has 0 spiro atoms.